The smallest absolute Gasteiger partial charge is 0.0328 e. The molecule has 24 heavy (non-hydrogen) atoms. The lowest BCUT2D eigenvalue weighted by Crippen LogP contribution is -2.45. The van der Waals surface area contributed by atoms with Crippen LogP contribution in [0.2, 0.25) is 0 Å². The summed E-state index contributed by atoms with van der Waals surface area (Å²) < 4.78 is 0. The van der Waals surface area contributed by atoms with E-state index in [4.69, 9.17) is 0 Å². The Labute approximate surface area is 144 Å². The van der Waals surface area contributed by atoms with Gasteiger partial charge >= 0.3 is 0 Å². The summed E-state index contributed by atoms with van der Waals surface area (Å²) in [6.45, 7) is 0.973. The predicted octanol–water partition coefficient (Wildman–Crippen LogP) is 5.10. The van der Waals surface area contributed by atoms with Gasteiger partial charge in [0.05, 0.1) is 0 Å². The number of nitrogens with one attached hydrogen (secondary N) is 1. The molecule has 120 valence electrons. The molecule has 1 aliphatic rings. The zero-order valence-corrected chi connectivity index (χ0v) is 13.9. The van der Waals surface area contributed by atoms with Gasteiger partial charge < -0.3 is 5.32 Å². The van der Waals surface area contributed by atoms with Crippen LogP contribution in [0.3, 0.4) is 0 Å². The molecule has 1 aliphatic heterocycles. The maximum Gasteiger partial charge on any atom is 0.0328 e. The summed E-state index contributed by atoms with van der Waals surface area (Å²) in [5.41, 5.74) is 4.28. The third-order valence-corrected chi connectivity index (χ3v) is 5.36. The van der Waals surface area contributed by atoms with Crippen molar-refractivity contribution in [3.05, 3.63) is 108 Å². The van der Waals surface area contributed by atoms with E-state index in [9.17, 15) is 0 Å². The Morgan fingerprint density at radius 3 is 1.62 bits per heavy atom. The van der Waals surface area contributed by atoms with Gasteiger partial charge in [0.1, 0.15) is 0 Å². The van der Waals surface area contributed by atoms with Gasteiger partial charge in [0.25, 0.3) is 0 Å². The average molecular weight is 313 g/mol. The van der Waals surface area contributed by atoms with Gasteiger partial charge in [-0.15, -0.1) is 0 Å². The summed E-state index contributed by atoms with van der Waals surface area (Å²) in [5, 5.41) is 3.82. The van der Waals surface area contributed by atoms with Gasteiger partial charge in [-0.1, -0.05) is 91.0 Å². The summed E-state index contributed by atoms with van der Waals surface area (Å²) in [4.78, 5) is 0. The van der Waals surface area contributed by atoms with Crippen LogP contribution < -0.4 is 5.32 Å². The van der Waals surface area contributed by atoms with Gasteiger partial charge in [0, 0.05) is 18.0 Å². The molecule has 0 spiro atoms. The minimum atomic E-state index is 0.0633. The van der Waals surface area contributed by atoms with Crippen molar-refractivity contribution in [2.75, 3.05) is 6.54 Å². The van der Waals surface area contributed by atoms with Gasteiger partial charge in [-0.2, -0.15) is 0 Å². The normalized spacial score (nSPS) is 19.8. The molecule has 1 fully saturated rings. The van der Waals surface area contributed by atoms with Gasteiger partial charge in [-0.05, 0) is 29.5 Å². The summed E-state index contributed by atoms with van der Waals surface area (Å²) in [5.74, 6) is 0. The van der Waals surface area contributed by atoms with Crippen molar-refractivity contribution in [1.82, 2.24) is 5.32 Å². The van der Waals surface area contributed by atoms with Crippen LogP contribution in [0.5, 0.6) is 0 Å². The van der Waals surface area contributed by atoms with Crippen LogP contribution >= 0.6 is 0 Å². The van der Waals surface area contributed by atoms with E-state index in [1.54, 1.807) is 0 Å². The molecule has 3 aromatic carbocycles. The molecular formula is C23H23N. The summed E-state index contributed by atoms with van der Waals surface area (Å²) in [6, 6.07) is 33.2. The van der Waals surface area contributed by atoms with E-state index in [-0.39, 0.29) is 5.41 Å². The maximum absolute atomic E-state index is 3.82. The quantitative estimate of drug-likeness (QED) is 0.709. The first-order valence-electron chi connectivity index (χ1n) is 8.78. The van der Waals surface area contributed by atoms with E-state index < -0.39 is 0 Å². The monoisotopic (exact) mass is 313 g/mol. The Morgan fingerprint density at radius 1 is 0.667 bits per heavy atom. The van der Waals surface area contributed by atoms with E-state index in [0.717, 1.165) is 19.4 Å². The van der Waals surface area contributed by atoms with Crippen molar-refractivity contribution in [3.8, 4) is 0 Å². The molecule has 3 aromatic rings. The molecule has 0 amide bonds. The first kappa shape index (κ1) is 15.2. The molecule has 1 atom stereocenters. The lowest BCUT2D eigenvalue weighted by atomic mass is 9.68. The maximum atomic E-state index is 3.82. The Bertz CT molecular complexity index is 715. The Balaban J connectivity index is 1.67. The van der Waals surface area contributed by atoms with E-state index in [1.807, 2.05) is 0 Å². The van der Waals surface area contributed by atoms with Gasteiger partial charge in [0.15, 0.2) is 0 Å². The van der Waals surface area contributed by atoms with Crippen LogP contribution in [0.1, 0.15) is 35.6 Å². The first-order valence-corrected chi connectivity index (χ1v) is 8.78. The van der Waals surface area contributed by atoms with E-state index in [1.165, 1.54) is 16.7 Å². The minimum Gasteiger partial charge on any atom is -0.309 e. The largest absolute Gasteiger partial charge is 0.309 e. The molecule has 1 N–H and O–H groups in total. The fourth-order valence-corrected chi connectivity index (χ4v) is 4.02. The topological polar surface area (TPSA) is 12.0 Å². The molecule has 0 unspecified atom stereocenters. The van der Waals surface area contributed by atoms with Crippen LogP contribution in [-0.4, -0.2) is 6.54 Å². The number of benzene rings is 3. The van der Waals surface area contributed by atoms with Crippen molar-refractivity contribution in [1.29, 1.82) is 0 Å². The molecule has 1 nitrogen and oxygen atoms in total. The van der Waals surface area contributed by atoms with Gasteiger partial charge in [-0.3, -0.25) is 0 Å². The molecule has 0 saturated carbocycles. The number of piperidine rings is 1. The molecule has 1 heteroatoms. The lowest BCUT2D eigenvalue weighted by molar-refractivity contribution is 0.304. The molecule has 1 heterocycles. The second kappa shape index (κ2) is 6.62. The molecule has 0 aromatic heterocycles. The summed E-state index contributed by atoms with van der Waals surface area (Å²) in [6.07, 6.45) is 2.31. The van der Waals surface area contributed by atoms with E-state index >= 15 is 0 Å². The van der Waals surface area contributed by atoms with Gasteiger partial charge in [0.2, 0.25) is 0 Å². The van der Waals surface area contributed by atoms with Crippen LogP contribution in [0.15, 0.2) is 91.0 Å². The van der Waals surface area contributed by atoms with Crippen LogP contribution in [0.4, 0.5) is 0 Å². The SMILES string of the molecule is c1ccc([C@@H]2CCC(c3ccccc3)(c3ccccc3)CN2)cc1. The van der Waals surface area contributed by atoms with Gasteiger partial charge in [-0.25, -0.2) is 0 Å². The second-order valence-corrected chi connectivity index (χ2v) is 6.70. The molecule has 1 saturated heterocycles. The summed E-state index contributed by atoms with van der Waals surface area (Å²) >= 11 is 0. The lowest BCUT2D eigenvalue weighted by Gasteiger charge is -2.42. The second-order valence-electron chi connectivity index (χ2n) is 6.70. The molecular weight excluding hydrogens is 290 g/mol. The Kier molecular flexibility index (Phi) is 4.18. The standard InChI is InChI=1S/C23H23N/c1-4-10-19(11-5-1)22-16-17-23(18-24-22,20-12-6-2-7-13-20)21-14-8-3-9-15-21/h1-15,22,24H,16-18H2/t22-/m0/s1. The predicted molar refractivity (Wildman–Crippen MR) is 100 cm³/mol. The molecule has 0 radical (unpaired) electrons. The van der Waals surface area contributed by atoms with Crippen molar-refractivity contribution in [3.63, 3.8) is 0 Å². The molecule has 4 rings (SSSR count). The Hall–Kier alpha value is -2.38. The number of rotatable bonds is 3. The first-order chi connectivity index (χ1) is 11.9. The van der Waals surface area contributed by atoms with E-state index in [2.05, 4.69) is 96.3 Å². The molecule has 0 bridgehead atoms. The minimum absolute atomic E-state index is 0.0633. The van der Waals surface area contributed by atoms with Crippen molar-refractivity contribution < 1.29 is 0 Å². The number of hydrogen-bond acceptors (Lipinski definition) is 1. The average Bonchev–Trinajstić information content (AvgIpc) is 2.70. The van der Waals surface area contributed by atoms with Crippen molar-refractivity contribution >= 4 is 0 Å². The van der Waals surface area contributed by atoms with E-state index in [0.29, 0.717) is 6.04 Å². The van der Waals surface area contributed by atoms with Crippen molar-refractivity contribution in [2.45, 2.75) is 24.3 Å². The highest BCUT2D eigenvalue weighted by Crippen LogP contribution is 2.41. The van der Waals surface area contributed by atoms with Crippen LogP contribution in [0, 0.1) is 0 Å². The highest BCUT2D eigenvalue weighted by atomic mass is 14.9. The van der Waals surface area contributed by atoms with Crippen LogP contribution in [-0.2, 0) is 5.41 Å². The third kappa shape index (κ3) is 2.76. The van der Waals surface area contributed by atoms with Crippen molar-refractivity contribution in [2.24, 2.45) is 0 Å². The fraction of sp³-hybridized carbons (Fsp3) is 0.217. The summed E-state index contributed by atoms with van der Waals surface area (Å²) in [7, 11) is 0. The Morgan fingerprint density at radius 2 is 1.17 bits per heavy atom. The molecule has 0 aliphatic carbocycles. The highest BCUT2D eigenvalue weighted by Gasteiger charge is 2.38. The fourth-order valence-electron chi connectivity index (χ4n) is 4.02. The zero-order valence-electron chi connectivity index (χ0n) is 13.9. The zero-order chi connectivity index (χ0) is 16.2. The third-order valence-electron chi connectivity index (χ3n) is 5.36. The highest BCUT2D eigenvalue weighted by molar-refractivity contribution is 5.41. The van der Waals surface area contributed by atoms with Crippen LogP contribution in [0.25, 0.3) is 0 Å². The number of hydrogen-bond donors (Lipinski definition) is 1.